The fourth-order valence-electron chi connectivity index (χ4n) is 3.57. The molecule has 0 aliphatic rings. The highest BCUT2D eigenvalue weighted by Crippen LogP contribution is 2.50. The Morgan fingerprint density at radius 2 is 1.42 bits per heavy atom. The molecule has 10 heteroatoms. The van der Waals surface area contributed by atoms with Crippen LogP contribution in [-0.2, 0) is 9.59 Å². The summed E-state index contributed by atoms with van der Waals surface area (Å²) in [5.41, 5.74) is 1.38. The predicted molar refractivity (Wildman–Crippen MR) is 130 cm³/mol. The summed E-state index contributed by atoms with van der Waals surface area (Å²) in [5.74, 6) is -1.80. The number of benzene rings is 3. The van der Waals surface area contributed by atoms with E-state index in [0.29, 0.717) is 32.5 Å². The molecule has 1 aromatic heterocycles. The summed E-state index contributed by atoms with van der Waals surface area (Å²) in [5, 5.41) is 1.09. The van der Waals surface area contributed by atoms with Crippen LogP contribution in [0.4, 0.5) is 13.2 Å². The van der Waals surface area contributed by atoms with Gasteiger partial charge in [-0.2, -0.15) is 0 Å². The van der Waals surface area contributed by atoms with Gasteiger partial charge in [-0.25, -0.2) is 9.59 Å². The number of carbonyl (C=O) groups excluding carboxylic acids is 2. The molecule has 0 atom stereocenters. The van der Waals surface area contributed by atoms with Gasteiger partial charge >= 0.3 is 18.3 Å². The molecule has 0 N–H and O–H groups in total. The Kier molecular flexibility index (Phi) is 6.71. The van der Waals surface area contributed by atoms with E-state index in [2.05, 4.69) is 17.9 Å². The van der Waals surface area contributed by atoms with E-state index in [0.717, 1.165) is 29.1 Å². The van der Waals surface area contributed by atoms with Gasteiger partial charge in [0.1, 0.15) is 11.5 Å². The molecule has 0 radical (unpaired) electrons. The molecule has 4 rings (SSSR count). The highest BCUT2D eigenvalue weighted by Gasteiger charge is 2.34. The van der Waals surface area contributed by atoms with Gasteiger partial charge in [0, 0.05) is 28.5 Å². The summed E-state index contributed by atoms with van der Waals surface area (Å²) < 4.78 is 60.4. The van der Waals surface area contributed by atoms with Gasteiger partial charge in [-0.3, -0.25) is 0 Å². The quantitative estimate of drug-likeness (QED) is 0.153. The zero-order valence-electron chi connectivity index (χ0n) is 18.7. The number of hydrogen-bond acceptors (Lipinski definition) is 7. The zero-order chi connectivity index (χ0) is 26.0. The largest absolute Gasteiger partial charge is 0.573 e. The average molecular weight is 514 g/mol. The fraction of sp³-hybridized carbons (Fsp3) is 0.0769. The second-order valence-corrected chi connectivity index (χ2v) is 8.24. The summed E-state index contributed by atoms with van der Waals surface area (Å²) >= 11 is 1.00. The van der Waals surface area contributed by atoms with E-state index in [9.17, 15) is 22.8 Å². The van der Waals surface area contributed by atoms with Gasteiger partial charge in [0.05, 0.1) is 16.5 Å². The van der Waals surface area contributed by atoms with Gasteiger partial charge in [-0.05, 0) is 35.9 Å². The summed E-state index contributed by atoms with van der Waals surface area (Å²) in [6, 6.07) is 12.9. The van der Waals surface area contributed by atoms with E-state index in [-0.39, 0.29) is 10.4 Å². The molecule has 0 unspecified atom stereocenters. The first-order chi connectivity index (χ1) is 17.1. The number of halogens is 3. The predicted octanol–water partition coefficient (Wildman–Crippen LogP) is 6.81. The highest BCUT2D eigenvalue weighted by atomic mass is 32.1. The van der Waals surface area contributed by atoms with E-state index in [1.54, 1.807) is 42.5 Å². The molecular formula is C26H17F3O6S. The number of methoxy groups -OCH3 is 1. The fourth-order valence-corrected chi connectivity index (χ4v) is 4.87. The number of carbonyl (C=O) groups is 2. The molecule has 184 valence electrons. The number of hydrogen-bond donors (Lipinski definition) is 0. The lowest BCUT2D eigenvalue weighted by Crippen LogP contribution is -2.18. The Bertz CT molecular complexity index is 1500. The first-order valence-corrected chi connectivity index (χ1v) is 11.1. The SMILES string of the molecule is C=CC(=O)Oc1ccc(-c2ccc3c(sc4c(OC(F)(F)F)c(OC(=O)C=C)ccc43)c2OC)cc1. The van der Waals surface area contributed by atoms with E-state index in [4.69, 9.17) is 14.2 Å². The first-order valence-electron chi connectivity index (χ1n) is 10.3. The van der Waals surface area contributed by atoms with Crippen molar-refractivity contribution < 1.29 is 41.7 Å². The number of ether oxygens (including phenoxy) is 4. The van der Waals surface area contributed by atoms with Crippen LogP contribution in [0.5, 0.6) is 23.0 Å². The van der Waals surface area contributed by atoms with Crippen molar-refractivity contribution in [3.05, 3.63) is 73.8 Å². The Labute approximate surface area is 206 Å². The van der Waals surface area contributed by atoms with E-state index in [1.807, 2.05) is 0 Å². The Balaban J connectivity index is 1.88. The van der Waals surface area contributed by atoms with Gasteiger partial charge in [0.2, 0.25) is 0 Å². The zero-order valence-corrected chi connectivity index (χ0v) is 19.5. The van der Waals surface area contributed by atoms with E-state index in [1.165, 1.54) is 13.2 Å². The third-order valence-electron chi connectivity index (χ3n) is 5.03. The molecule has 0 aliphatic carbocycles. The minimum Gasteiger partial charge on any atom is -0.495 e. The minimum atomic E-state index is -5.02. The molecule has 36 heavy (non-hydrogen) atoms. The van der Waals surface area contributed by atoms with Crippen molar-refractivity contribution in [3.63, 3.8) is 0 Å². The molecule has 0 bridgehead atoms. The molecule has 0 fully saturated rings. The molecule has 6 nitrogen and oxygen atoms in total. The van der Waals surface area contributed by atoms with Crippen molar-refractivity contribution in [2.24, 2.45) is 0 Å². The summed E-state index contributed by atoms with van der Waals surface area (Å²) in [6.07, 6.45) is -3.13. The van der Waals surface area contributed by atoms with Crippen LogP contribution in [0.15, 0.2) is 73.8 Å². The normalized spacial score (nSPS) is 11.2. The number of esters is 2. The minimum absolute atomic E-state index is 0.124. The second kappa shape index (κ2) is 9.74. The Hall–Kier alpha value is -4.31. The molecule has 0 saturated heterocycles. The summed E-state index contributed by atoms with van der Waals surface area (Å²) in [6.45, 7) is 6.61. The van der Waals surface area contributed by atoms with Crippen molar-refractivity contribution in [1.82, 2.24) is 0 Å². The van der Waals surface area contributed by atoms with Gasteiger partial charge in [0.15, 0.2) is 11.5 Å². The first kappa shape index (κ1) is 24.8. The molecule has 1 heterocycles. The van der Waals surface area contributed by atoms with Gasteiger partial charge in [-0.1, -0.05) is 31.4 Å². The lowest BCUT2D eigenvalue weighted by atomic mass is 10.0. The Morgan fingerprint density at radius 3 is 2.00 bits per heavy atom. The standard InChI is InChI=1S/C26H17F3O6S/c1-4-20(30)33-15-8-6-14(7-9-15)16-10-11-17-18-12-13-19(34-21(31)5-2)23(35-26(27,28)29)25(18)36-24(17)22(16)32-3/h4-13H,1-2H2,3H3. The van der Waals surface area contributed by atoms with Gasteiger partial charge in [-0.15, -0.1) is 24.5 Å². The molecule has 0 aliphatic heterocycles. The van der Waals surface area contributed by atoms with Crippen molar-refractivity contribution in [2.45, 2.75) is 6.36 Å². The van der Waals surface area contributed by atoms with Gasteiger partial charge in [0.25, 0.3) is 0 Å². The maximum Gasteiger partial charge on any atom is 0.573 e. The molecule has 0 saturated carbocycles. The highest BCUT2D eigenvalue weighted by molar-refractivity contribution is 7.26. The van der Waals surface area contributed by atoms with Crippen LogP contribution in [0.3, 0.4) is 0 Å². The second-order valence-electron chi connectivity index (χ2n) is 7.22. The van der Waals surface area contributed by atoms with Crippen LogP contribution in [0.2, 0.25) is 0 Å². The number of rotatable bonds is 7. The van der Waals surface area contributed by atoms with Crippen LogP contribution >= 0.6 is 11.3 Å². The number of thiophene rings is 1. The van der Waals surface area contributed by atoms with Crippen molar-refractivity contribution in [1.29, 1.82) is 0 Å². The molecule has 3 aromatic carbocycles. The average Bonchev–Trinajstić information content (AvgIpc) is 3.23. The monoisotopic (exact) mass is 514 g/mol. The third kappa shape index (κ3) is 4.89. The molecule has 0 spiro atoms. The van der Waals surface area contributed by atoms with Crippen LogP contribution in [0.25, 0.3) is 31.3 Å². The molecule has 4 aromatic rings. The van der Waals surface area contributed by atoms with Crippen molar-refractivity contribution >= 4 is 43.4 Å². The van der Waals surface area contributed by atoms with E-state index >= 15 is 0 Å². The van der Waals surface area contributed by atoms with Crippen molar-refractivity contribution in [2.75, 3.05) is 7.11 Å². The maximum absolute atomic E-state index is 13.2. The lowest BCUT2D eigenvalue weighted by Gasteiger charge is -2.13. The molecular weight excluding hydrogens is 497 g/mol. The lowest BCUT2D eigenvalue weighted by molar-refractivity contribution is -0.274. The molecule has 0 amide bonds. The van der Waals surface area contributed by atoms with Crippen LogP contribution in [-0.4, -0.2) is 25.4 Å². The topological polar surface area (TPSA) is 71.1 Å². The third-order valence-corrected chi connectivity index (χ3v) is 6.25. The number of fused-ring (bicyclic) bond motifs is 3. The Morgan fingerprint density at radius 1 is 0.833 bits per heavy atom. The van der Waals surface area contributed by atoms with Gasteiger partial charge < -0.3 is 18.9 Å². The summed E-state index contributed by atoms with van der Waals surface area (Å²) in [7, 11) is 1.45. The van der Waals surface area contributed by atoms with E-state index < -0.39 is 24.1 Å². The maximum atomic E-state index is 13.2. The summed E-state index contributed by atoms with van der Waals surface area (Å²) in [4.78, 5) is 23.1. The van der Waals surface area contributed by atoms with Crippen LogP contribution < -0.4 is 18.9 Å². The smallest absolute Gasteiger partial charge is 0.495 e. The van der Waals surface area contributed by atoms with Crippen LogP contribution in [0, 0.1) is 0 Å². The van der Waals surface area contributed by atoms with Crippen LogP contribution in [0.1, 0.15) is 0 Å². The van der Waals surface area contributed by atoms with Crippen molar-refractivity contribution in [3.8, 4) is 34.1 Å². The number of alkyl halides is 3.